The first-order valence-electron chi connectivity index (χ1n) is 5.96. The predicted octanol–water partition coefficient (Wildman–Crippen LogP) is 3.63. The summed E-state index contributed by atoms with van der Waals surface area (Å²) in [5, 5.41) is 0. The number of hydrogen-bond donors (Lipinski definition) is 0. The van der Waals surface area contributed by atoms with Crippen LogP contribution in [0.1, 0.15) is 46.5 Å². The number of ether oxygens (including phenoxy) is 1. The van der Waals surface area contributed by atoms with Crippen molar-refractivity contribution in [3.63, 3.8) is 0 Å². The second kappa shape index (κ2) is 5.33. The standard InChI is InChI=1S/C14H22O2/c1-5-14(4,10-6-7-11(2)3)16-13(15)12-8-9-12/h5,7,12H,1,6,8-10H2,2-4H3. The lowest BCUT2D eigenvalue weighted by Crippen LogP contribution is -2.29. The van der Waals surface area contributed by atoms with Crippen LogP contribution < -0.4 is 0 Å². The van der Waals surface area contributed by atoms with Gasteiger partial charge in [0.1, 0.15) is 5.60 Å². The van der Waals surface area contributed by atoms with Gasteiger partial charge in [-0.05, 0) is 52.5 Å². The minimum Gasteiger partial charge on any atom is -0.455 e. The monoisotopic (exact) mass is 222 g/mol. The third-order valence-corrected chi connectivity index (χ3v) is 2.87. The molecule has 90 valence electrons. The average molecular weight is 222 g/mol. The summed E-state index contributed by atoms with van der Waals surface area (Å²) in [5.74, 6) is 0.0994. The lowest BCUT2D eigenvalue weighted by Gasteiger charge is -2.25. The molecule has 1 fully saturated rings. The van der Waals surface area contributed by atoms with Crippen molar-refractivity contribution in [2.24, 2.45) is 5.92 Å². The van der Waals surface area contributed by atoms with Crippen molar-refractivity contribution in [2.45, 2.75) is 52.1 Å². The highest BCUT2D eigenvalue weighted by Crippen LogP contribution is 2.33. The fraction of sp³-hybridized carbons (Fsp3) is 0.643. The molecule has 2 heteroatoms. The Morgan fingerprint density at radius 3 is 2.56 bits per heavy atom. The number of carbonyl (C=O) groups is 1. The van der Waals surface area contributed by atoms with E-state index in [-0.39, 0.29) is 11.9 Å². The largest absolute Gasteiger partial charge is 0.455 e. The van der Waals surface area contributed by atoms with E-state index in [0.29, 0.717) is 0 Å². The molecule has 1 unspecified atom stereocenters. The van der Waals surface area contributed by atoms with Crippen molar-refractivity contribution < 1.29 is 9.53 Å². The molecular weight excluding hydrogens is 200 g/mol. The zero-order chi connectivity index (χ0) is 12.2. The lowest BCUT2D eigenvalue weighted by molar-refractivity contribution is -0.155. The summed E-state index contributed by atoms with van der Waals surface area (Å²) in [5.41, 5.74) is 0.783. The molecule has 1 rings (SSSR count). The number of carbonyl (C=O) groups excluding carboxylic acids is 1. The zero-order valence-electron chi connectivity index (χ0n) is 10.6. The van der Waals surface area contributed by atoms with E-state index in [0.717, 1.165) is 25.7 Å². The SMILES string of the molecule is C=CC(C)(CCC=C(C)C)OC(=O)C1CC1. The van der Waals surface area contributed by atoms with Crippen LogP contribution in [0.2, 0.25) is 0 Å². The van der Waals surface area contributed by atoms with Gasteiger partial charge in [-0.15, -0.1) is 0 Å². The first-order valence-corrected chi connectivity index (χ1v) is 5.96. The van der Waals surface area contributed by atoms with Crippen molar-refractivity contribution in [3.05, 3.63) is 24.3 Å². The molecule has 0 saturated heterocycles. The van der Waals surface area contributed by atoms with Crippen LogP contribution in [0.5, 0.6) is 0 Å². The number of esters is 1. The molecule has 0 bridgehead atoms. The van der Waals surface area contributed by atoms with Crippen LogP contribution in [0.4, 0.5) is 0 Å². The van der Waals surface area contributed by atoms with E-state index in [2.05, 4.69) is 26.5 Å². The molecule has 0 aromatic carbocycles. The Kier molecular flexibility index (Phi) is 4.34. The van der Waals surface area contributed by atoms with Gasteiger partial charge in [0.2, 0.25) is 0 Å². The summed E-state index contributed by atoms with van der Waals surface area (Å²) in [6.45, 7) is 9.84. The van der Waals surface area contributed by atoms with Gasteiger partial charge in [-0.2, -0.15) is 0 Å². The van der Waals surface area contributed by atoms with Crippen LogP contribution >= 0.6 is 0 Å². The van der Waals surface area contributed by atoms with E-state index in [1.165, 1.54) is 5.57 Å². The van der Waals surface area contributed by atoms with Gasteiger partial charge in [-0.1, -0.05) is 18.2 Å². The van der Waals surface area contributed by atoms with Crippen LogP contribution in [0.25, 0.3) is 0 Å². The molecule has 1 atom stereocenters. The normalized spacial score (nSPS) is 18.4. The Bertz CT molecular complexity index is 296. The molecular formula is C14H22O2. The maximum absolute atomic E-state index is 11.6. The van der Waals surface area contributed by atoms with E-state index in [1.54, 1.807) is 6.08 Å². The summed E-state index contributed by atoms with van der Waals surface area (Å²) in [7, 11) is 0. The first kappa shape index (κ1) is 13.0. The molecule has 16 heavy (non-hydrogen) atoms. The highest BCUT2D eigenvalue weighted by atomic mass is 16.6. The van der Waals surface area contributed by atoms with Gasteiger partial charge in [-0.25, -0.2) is 0 Å². The summed E-state index contributed by atoms with van der Waals surface area (Å²) in [6.07, 6.45) is 7.60. The van der Waals surface area contributed by atoms with Gasteiger partial charge >= 0.3 is 5.97 Å². The topological polar surface area (TPSA) is 26.3 Å². The first-order chi connectivity index (χ1) is 7.47. The van der Waals surface area contributed by atoms with Gasteiger partial charge in [0.25, 0.3) is 0 Å². The van der Waals surface area contributed by atoms with E-state index in [9.17, 15) is 4.79 Å². The molecule has 0 spiro atoms. The van der Waals surface area contributed by atoms with E-state index >= 15 is 0 Å². The minimum absolute atomic E-state index is 0.0559. The third kappa shape index (κ3) is 4.21. The summed E-state index contributed by atoms with van der Waals surface area (Å²) in [4.78, 5) is 11.6. The Balaban J connectivity index is 2.44. The molecule has 1 aliphatic rings. The van der Waals surface area contributed by atoms with Gasteiger partial charge < -0.3 is 4.74 Å². The quantitative estimate of drug-likeness (QED) is 0.506. The summed E-state index contributed by atoms with van der Waals surface area (Å²) >= 11 is 0. The zero-order valence-corrected chi connectivity index (χ0v) is 10.6. The third-order valence-electron chi connectivity index (χ3n) is 2.87. The maximum Gasteiger partial charge on any atom is 0.309 e. The molecule has 1 saturated carbocycles. The molecule has 0 radical (unpaired) electrons. The predicted molar refractivity (Wildman–Crippen MR) is 66.1 cm³/mol. The minimum atomic E-state index is -0.508. The van der Waals surface area contributed by atoms with Crippen LogP contribution in [-0.4, -0.2) is 11.6 Å². The van der Waals surface area contributed by atoms with Crippen LogP contribution in [0.15, 0.2) is 24.3 Å². The van der Waals surface area contributed by atoms with Crippen molar-refractivity contribution in [1.82, 2.24) is 0 Å². The van der Waals surface area contributed by atoms with E-state index < -0.39 is 5.60 Å². The second-order valence-corrected chi connectivity index (χ2v) is 5.03. The maximum atomic E-state index is 11.6. The molecule has 2 nitrogen and oxygen atoms in total. The lowest BCUT2D eigenvalue weighted by atomic mass is 9.99. The Morgan fingerprint density at radius 2 is 2.12 bits per heavy atom. The molecule has 0 aromatic heterocycles. The average Bonchev–Trinajstić information content (AvgIpc) is 3.00. The number of hydrogen-bond acceptors (Lipinski definition) is 2. The molecule has 0 aromatic rings. The van der Waals surface area contributed by atoms with Crippen molar-refractivity contribution in [3.8, 4) is 0 Å². The Hall–Kier alpha value is -1.05. The van der Waals surface area contributed by atoms with Crippen molar-refractivity contribution >= 4 is 5.97 Å². The van der Waals surface area contributed by atoms with Crippen molar-refractivity contribution in [2.75, 3.05) is 0 Å². The smallest absolute Gasteiger partial charge is 0.309 e. The van der Waals surface area contributed by atoms with E-state index in [4.69, 9.17) is 4.74 Å². The number of rotatable bonds is 6. The molecule has 0 N–H and O–H groups in total. The summed E-state index contributed by atoms with van der Waals surface area (Å²) in [6, 6.07) is 0. The van der Waals surface area contributed by atoms with Crippen LogP contribution in [0, 0.1) is 5.92 Å². The van der Waals surface area contributed by atoms with Crippen LogP contribution in [0.3, 0.4) is 0 Å². The highest BCUT2D eigenvalue weighted by Gasteiger charge is 2.35. The molecule has 0 amide bonds. The van der Waals surface area contributed by atoms with Gasteiger partial charge in [-0.3, -0.25) is 4.79 Å². The van der Waals surface area contributed by atoms with E-state index in [1.807, 2.05) is 6.92 Å². The van der Waals surface area contributed by atoms with Gasteiger partial charge in [0.05, 0.1) is 5.92 Å². The molecule has 0 heterocycles. The fourth-order valence-corrected chi connectivity index (χ4v) is 1.47. The highest BCUT2D eigenvalue weighted by molar-refractivity contribution is 5.75. The second-order valence-electron chi connectivity index (χ2n) is 5.03. The van der Waals surface area contributed by atoms with Gasteiger partial charge in [0.15, 0.2) is 0 Å². The summed E-state index contributed by atoms with van der Waals surface area (Å²) < 4.78 is 5.51. The molecule has 0 aliphatic heterocycles. The van der Waals surface area contributed by atoms with Crippen LogP contribution in [-0.2, 0) is 9.53 Å². The van der Waals surface area contributed by atoms with Gasteiger partial charge in [0, 0.05) is 0 Å². The molecule has 1 aliphatic carbocycles. The fourth-order valence-electron chi connectivity index (χ4n) is 1.47. The van der Waals surface area contributed by atoms with Crippen molar-refractivity contribution in [1.29, 1.82) is 0 Å². The Morgan fingerprint density at radius 1 is 1.50 bits per heavy atom. The Labute approximate surface area is 98.4 Å². The number of allylic oxidation sites excluding steroid dienone is 2.